The predicted octanol–water partition coefficient (Wildman–Crippen LogP) is 2.71. The number of hydrogen-bond acceptors (Lipinski definition) is 6. The Kier molecular flexibility index (Phi) is 7.51. The Bertz CT molecular complexity index is 920. The Labute approximate surface area is 182 Å². The third-order valence-electron chi connectivity index (χ3n) is 5.00. The highest BCUT2D eigenvalue weighted by Gasteiger charge is 2.25. The molecule has 1 aliphatic rings. The largest absolute Gasteiger partial charge is 0.373 e. The van der Waals surface area contributed by atoms with Gasteiger partial charge in [-0.15, -0.1) is 11.3 Å². The third kappa shape index (κ3) is 6.28. The molecular formula is C21H29N3O4S2. The molecule has 0 aliphatic carbocycles. The number of thiophene rings is 1. The van der Waals surface area contributed by atoms with Crippen molar-refractivity contribution in [3.8, 4) is 0 Å². The van der Waals surface area contributed by atoms with Crippen molar-refractivity contribution in [1.29, 1.82) is 0 Å². The number of anilines is 1. The summed E-state index contributed by atoms with van der Waals surface area (Å²) in [4.78, 5) is 14.7. The number of nitrogens with zero attached hydrogens (tertiary/aromatic N) is 1. The number of hydrogen-bond donors (Lipinski definition) is 2. The minimum Gasteiger partial charge on any atom is -0.373 e. The summed E-state index contributed by atoms with van der Waals surface area (Å²) in [5.41, 5.74) is 1.30. The average Bonchev–Trinajstić information content (AvgIpc) is 3.22. The number of ether oxygens (including phenoxy) is 1. The van der Waals surface area contributed by atoms with Crippen LogP contribution >= 0.6 is 11.3 Å². The highest BCUT2D eigenvalue weighted by molar-refractivity contribution is 7.94. The first kappa shape index (κ1) is 22.7. The molecule has 9 heteroatoms. The van der Waals surface area contributed by atoms with Crippen LogP contribution in [0.4, 0.5) is 5.69 Å². The van der Waals surface area contributed by atoms with Crippen LogP contribution in [0.5, 0.6) is 0 Å². The van der Waals surface area contributed by atoms with Crippen LogP contribution < -0.4 is 10.0 Å². The monoisotopic (exact) mass is 451 g/mol. The van der Waals surface area contributed by atoms with Crippen LogP contribution in [0.1, 0.15) is 26.3 Å². The molecule has 3 atom stereocenters. The van der Waals surface area contributed by atoms with E-state index in [4.69, 9.17) is 4.74 Å². The van der Waals surface area contributed by atoms with E-state index in [-0.39, 0.29) is 34.8 Å². The SMILES string of the molecule is C[C@@H]1CN([C@H](C)CNC(=O)Cc2ccc(NS(=O)(=O)c3cccs3)cc2)C[C@@H](C)O1. The van der Waals surface area contributed by atoms with Crippen LogP contribution in [0.25, 0.3) is 0 Å². The van der Waals surface area contributed by atoms with Gasteiger partial charge in [0.2, 0.25) is 5.91 Å². The van der Waals surface area contributed by atoms with E-state index in [0.29, 0.717) is 12.2 Å². The highest BCUT2D eigenvalue weighted by Crippen LogP contribution is 2.20. The molecule has 2 N–H and O–H groups in total. The van der Waals surface area contributed by atoms with Gasteiger partial charge in [-0.25, -0.2) is 8.42 Å². The Morgan fingerprint density at radius 1 is 1.20 bits per heavy atom. The zero-order valence-electron chi connectivity index (χ0n) is 17.5. The molecule has 1 aliphatic heterocycles. The number of sulfonamides is 1. The Hall–Kier alpha value is -1.94. The lowest BCUT2D eigenvalue weighted by atomic mass is 10.1. The van der Waals surface area contributed by atoms with Gasteiger partial charge in [0, 0.05) is 31.4 Å². The maximum atomic E-state index is 12.3. The van der Waals surface area contributed by atoms with Crippen LogP contribution in [0.15, 0.2) is 46.0 Å². The predicted molar refractivity (Wildman–Crippen MR) is 119 cm³/mol. The van der Waals surface area contributed by atoms with Gasteiger partial charge in [-0.1, -0.05) is 18.2 Å². The van der Waals surface area contributed by atoms with Crippen molar-refractivity contribution < 1.29 is 17.9 Å². The smallest absolute Gasteiger partial charge is 0.271 e. The fourth-order valence-electron chi connectivity index (χ4n) is 3.53. The summed E-state index contributed by atoms with van der Waals surface area (Å²) < 4.78 is 33.1. The number of benzene rings is 1. The van der Waals surface area contributed by atoms with Gasteiger partial charge < -0.3 is 10.1 Å². The van der Waals surface area contributed by atoms with Crippen LogP contribution in [-0.4, -0.2) is 57.1 Å². The van der Waals surface area contributed by atoms with Crippen molar-refractivity contribution in [3.63, 3.8) is 0 Å². The van der Waals surface area contributed by atoms with Gasteiger partial charge in [0.25, 0.3) is 10.0 Å². The number of amides is 1. The lowest BCUT2D eigenvalue weighted by molar-refractivity contribution is -0.121. The molecule has 1 amide bonds. The molecule has 0 radical (unpaired) electrons. The molecule has 0 bridgehead atoms. The molecule has 1 aromatic heterocycles. The first-order valence-corrected chi connectivity index (χ1v) is 12.4. The molecule has 3 rings (SSSR count). The van der Waals surface area contributed by atoms with Crippen LogP contribution in [0.2, 0.25) is 0 Å². The molecule has 1 fully saturated rings. The third-order valence-corrected chi connectivity index (χ3v) is 7.78. The molecule has 7 nitrogen and oxygen atoms in total. The minimum absolute atomic E-state index is 0.0527. The molecule has 0 spiro atoms. The van der Waals surface area contributed by atoms with E-state index < -0.39 is 10.0 Å². The molecule has 2 aromatic rings. The van der Waals surface area contributed by atoms with E-state index in [9.17, 15) is 13.2 Å². The normalized spacial score (nSPS) is 21.2. The Morgan fingerprint density at radius 3 is 2.47 bits per heavy atom. The van der Waals surface area contributed by atoms with Gasteiger partial charge >= 0.3 is 0 Å². The van der Waals surface area contributed by atoms with Crippen LogP contribution in [0, 0.1) is 0 Å². The quantitative estimate of drug-likeness (QED) is 0.644. The van der Waals surface area contributed by atoms with Crippen molar-refractivity contribution in [3.05, 3.63) is 47.3 Å². The second kappa shape index (κ2) is 9.91. The van der Waals surface area contributed by atoms with Gasteiger partial charge in [-0.2, -0.15) is 0 Å². The van der Waals surface area contributed by atoms with Gasteiger partial charge in [0.1, 0.15) is 4.21 Å². The highest BCUT2D eigenvalue weighted by atomic mass is 32.2. The molecule has 30 heavy (non-hydrogen) atoms. The molecule has 1 aromatic carbocycles. The van der Waals surface area contributed by atoms with E-state index in [1.54, 1.807) is 41.8 Å². The topological polar surface area (TPSA) is 87.7 Å². The van der Waals surface area contributed by atoms with Crippen molar-refractivity contribution in [1.82, 2.24) is 10.2 Å². The summed E-state index contributed by atoms with van der Waals surface area (Å²) in [5, 5.41) is 4.72. The standard InChI is InChI=1S/C21H29N3O4S2/c1-15(24-13-16(2)28-17(3)14-24)12-22-20(25)11-18-6-8-19(9-7-18)23-30(26,27)21-5-4-10-29-21/h4-10,15-17,23H,11-14H2,1-3H3,(H,22,25)/t15-,16-,17-/m1/s1. The number of rotatable bonds is 8. The van der Waals surface area contributed by atoms with E-state index in [0.717, 1.165) is 30.0 Å². The van der Waals surface area contributed by atoms with Crippen molar-refractivity contribution >= 4 is 33.0 Å². The molecular weight excluding hydrogens is 422 g/mol. The first-order valence-electron chi connectivity index (χ1n) is 10.0. The van der Waals surface area contributed by atoms with Gasteiger partial charge in [-0.3, -0.25) is 14.4 Å². The lowest BCUT2D eigenvalue weighted by Crippen LogP contribution is -2.52. The summed E-state index contributed by atoms with van der Waals surface area (Å²) in [7, 11) is -3.57. The number of nitrogens with one attached hydrogen (secondary N) is 2. The van der Waals surface area contributed by atoms with Gasteiger partial charge in [0.05, 0.1) is 18.6 Å². The first-order chi connectivity index (χ1) is 14.2. The number of morpholine rings is 1. The number of carbonyl (C=O) groups is 1. The fraction of sp³-hybridized carbons (Fsp3) is 0.476. The van der Waals surface area contributed by atoms with Gasteiger partial charge in [-0.05, 0) is 49.9 Å². The lowest BCUT2D eigenvalue weighted by Gasteiger charge is -2.39. The van der Waals surface area contributed by atoms with E-state index in [1.807, 2.05) is 0 Å². The van der Waals surface area contributed by atoms with Crippen molar-refractivity contribution in [2.75, 3.05) is 24.4 Å². The van der Waals surface area contributed by atoms with E-state index >= 15 is 0 Å². The molecule has 0 saturated carbocycles. The summed E-state index contributed by atoms with van der Waals surface area (Å²) in [6.07, 6.45) is 0.644. The van der Waals surface area contributed by atoms with Gasteiger partial charge in [0.15, 0.2) is 0 Å². The molecule has 164 valence electrons. The van der Waals surface area contributed by atoms with Crippen molar-refractivity contribution in [2.45, 2.75) is 49.7 Å². The summed E-state index contributed by atoms with van der Waals surface area (Å²) in [5.74, 6) is -0.0527. The van der Waals surface area contributed by atoms with E-state index in [2.05, 4.69) is 35.7 Å². The second-order valence-electron chi connectivity index (χ2n) is 7.78. The zero-order valence-corrected chi connectivity index (χ0v) is 19.1. The molecule has 0 unspecified atom stereocenters. The van der Waals surface area contributed by atoms with Crippen LogP contribution in [0.3, 0.4) is 0 Å². The Morgan fingerprint density at radius 2 is 1.87 bits per heavy atom. The summed E-state index contributed by atoms with van der Waals surface area (Å²) in [6, 6.07) is 10.4. The maximum Gasteiger partial charge on any atom is 0.271 e. The minimum atomic E-state index is -3.57. The maximum absolute atomic E-state index is 12.3. The number of carbonyl (C=O) groups excluding carboxylic acids is 1. The fourth-order valence-corrected chi connectivity index (χ4v) is 5.58. The second-order valence-corrected chi connectivity index (χ2v) is 10.6. The molecule has 1 saturated heterocycles. The van der Waals surface area contributed by atoms with Crippen LogP contribution in [-0.2, 0) is 26.0 Å². The summed E-state index contributed by atoms with van der Waals surface area (Å²) in [6.45, 7) is 8.56. The average molecular weight is 452 g/mol. The Balaban J connectivity index is 1.47. The zero-order chi connectivity index (χ0) is 21.7. The summed E-state index contributed by atoms with van der Waals surface area (Å²) >= 11 is 1.16. The van der Waals surface area contributed by atoms with E-state index in [1.165, 1.54) is 0 Å². The van der Waals surface area contributed by atoms with Crippen molar-refractivity contribution in [2.24, 2.45) is 0 Å². The molecule has 2 heterocycles.